The molecule has 0 aromatic heterocycles. The molecule has 9 heteroatoms. The number of benzene rings is 3. The molecule has 1 fully saturated rings. The molecule has 0 amide bonds. The Morgan fingerprint density at radius 3 is 2.29 bits per heavy atom. The second-order valence-corrected chi connectivity index (χ2v) is 11.6. The molecule has 206 valence electrons. The van der Waals surface area contributed by atoms with Crippen molar-refractivity contribution < 1.29 is 34.6 Å². The average Bonchev–Trinajstić information content (AvgIpc) is 2.88. The number of alkyl halides is 3. The summed E-state index contributed by atoms with van der Waals surface area (Å²) in [5, 5.41) is 0.115. The topological polar surface area (TPSA) is 43.4 Å². The molecule has 0 spiro atoms. The zero-order valence-corrected chi connectivity index (χ0v) is 22.0. The Hall–Kier alpha value is -2.68. The van der Waals surface area contributed by atoms with Gasteiger partial charge in [-0.1, -0.05) is 69.4 Å². The average molecular weight is 555 g/mol. The molecule has 38 heavy (non-hydrogen) atoms. The molecule has 0 heterocycles. The van der Waals surface area contributed by atoms with Crippen LogP contribution in [0.1, 0.15) is 76.2 Å². The molecule has 3 aromatic rings. The third-order valence-corrected chi connectivity index (χ3v) is 8.46. The predicted molar refractivity (Wildman–Crippen MR) is 138 cm³/mol. The van der Waals surface area contributed by atoms with Gasteiger partial charge in [-0.3, -0.25) is 0 Å². The largest absolute Gasteiger partial charge is 0.534 e. The fourth-order valence-electron chi connectivity index (χ4n) is 5.33. The molecule has 4 rings (SSSR count). The molecule has 3 aromatic carbocycles. The second-order valence-electron chi connectivity index (χ2n) is 10.1. The summed E-state index contributed by atoms with van der Waals surface area (Å²) < 4.78 is 94.2. The molecule has 1 aliphatic rings. The first-order valence-electron chi connectivity index (χ1n) is 13.0. The van der Waals surface area contributed by atoms with E-state index in [0.29, 0.717) is 17.0 Å². The number of rotatable bonds is 9. The van der Waals surface area contributed by atoms with Crippen LogP contribution in [-0.4, -0.2) is 13.9 Å². The number of hydrogen-bond acceptors (Lipinski definition) is 3. The van der Waals surface area contributed by atoms with Crippen molar-refractivity contribution in [1.82, 2.24) is 0 Å². The van der Waals surface area contributed by atoms with Gasteiger partial charge in [-0.05, 0) is 72.2 Å². The van der Waals surface area contributed by atoms with Gasteiger partial charge in [-0.25, -0.2) is 8.78 Å². The van der Waals surface area contributed by atoms with Crippen LogP contribution in [0.3, 0.4) is 0 Å². The maximum Gasteiger partial charge on any atom is 0.534 e. The molecule has 0 N–H and O–H groups in total. The van der Waals surface area contributed by atoms with Crippen LogP contribution in [0.15, 0.2) is 48.5 Å². The van der Waals surface area contributed by atoms with Crippen molar-refractivity contribution in [3.8, 4) is 16.9 Å². The van der Waals surface area contributed by atoms with Gasteiger partial charge in [-0.2, -0.15) is 21.6 Å². The summed E-state index contributed by atoms with van der Waals surface area (Å²) in [4.78, 5) is 0. The molecule has 0 radical (unpaired) electrons. The van der Waals surface area contributed by atoms with Crippen LogP contribution >= 0.6 is 0 Å². The van der Waals surface area contributed by atoms with E-state index in [1.54, 1.807) is 12.1 Å². The maximum absolute atomic E-state index is 15.2. The highest BCUT2D eigenvalue weighted by atomic mass is 32.2. The van der Waals surface area contributed by atoms with Crippen LogP contribution in [0.5, 0.6) is 5.75 Å². The Morgan fingerprint density at radius 1 is 0.895 bits per heavy atom. The fourth-order valence-corrected chi connectivity index (χ4v) is 5.79. The van der Waals surface area contributed by atoms with Gasteiger partial charge in [0.25, 0.3) is 0 Å². The Kier molecular flexibility index (Phi) is 8.65. The summed E-state index contributed by atoms with van der Waals surface area (Å²) >= 11 is 0. The van der Waals surface area contributed by atoms with Crippen molar-refractivity contribution in [2.24, 2.45) is 5.92 Å². The second kappa shape index (κ2) is 11.6. The highest BCUT2D eigenvalue weighted by Gasteiger charge is 2.49. The van der Waals surface area contributed by atoms with Crippen molar-refractivity contribution in [3.05, 3.63) is 65.7 Å². The van der Waals surface area contributed by atoms with Crippen molar-refractivity contribution in [2.75, 3.05) is 0 Å². The smallest absolute Gasteiger partial charge is 0.373 e. The number of hydrogen-bond donors (Lipinski definition) is 0. The molecule has 0 unspecified atom stereocenters. The summed E-state index contributed by atoms with van der Waals surface area (Å²) in [7, 11) is -6.01. The Labute approximate surface area is 220 Å². The van der Waals surface area contributed by atoms with E-state index in [1.165, 1.54) is 56.4 Å². The molecule has 0 saturated heterocycles. The molecule has 3 nitrogen and oxygen atoms in total. The third kappa shape index (κ3) is 6.30. The van der Waals surface area contributed by atoms with Gasteiger partial charge in [-0.15, -0.1) is 0 Å². The third-order valence-electron chi connectivity index (χ3n) is 7.49. The molecule has 0 aliphatic heterocycles. The van der Waals surface area contributed by atoms with E-state index in [9.17, 15) is 26.0 Å². The van der Waals surface area contributed by atoms with Crippen LogP contribution in [0.25, 0.3) is 21.9 Å². The van der Waals surface area contributed by atoms with Crippen LogP contribution in [-0.2, 0) is 10.1 Å². The lowest BCUT2D eigenvalue weighted by molar-refractivity contribution is -0.0500. The Bertz CT molecular complexity index is 1380. The molecular weight excluding hydrogens is 523 g/mol. The zero-order valence-electron chi connectivity index (χ0n) is 21.2. The monoisotopic (exact) mass is 554 g/mol. The first-order chi connectivity index (χ1) is 18.0. The lowest BCUT2D eigenvalue weighted by Gasteiger charge is -2.29. The fraction of sp³-hybridized carbons (Fsp3) is 0.448. The number of unbranched alkanes of at least 4 members (excludes halogenated alkanes) is 3. The molecule has 1 aliphatic carbocycles. The van der Waals surface area contributed by atoms with Crippen molar-refractivity contribution in [3.63, 3.8) is 0 Å². The lowest BCUT2D eigenvalue weighted by atomic mass is 9.77. The predicted octanol–water partition coefficient (Wildman–Crippen LogP) is 9.26. The van der Waals surface area contributed by atoms with Gasteiger partial charge in [0.05, 0.1) is 0 Å². The summed E-state index contributed by atoms with van der Waals surface area (Å²) in [6, 6.07) is 11.4. The van der Waals surface area contributed by atoms with E-state index in [1.807, 2.05) is 6.07 Å². The van der Waals surface area contributed by atoms with Gasteiger partial charge in [0.2, 0.25) is 0 Å². The molecule has 0 atom stereocenters. The first kappa shape index (κ1) is 28.3. The highest BCUT2D eigenvalue weighted by Crippen LogP contribution is 2.39. The SMILES string of the molecule is CCCCCCC1CCC(c2ccc(-c3ccc4c(F)c(OS(=O)(=O)C(F)(F)F)ccc4c3)c(F)c2)CC1. The highest BCUT2D eigenvalue weighted by molar-refractivity contribution is 7.88. The van der Waals surface area contributed by atoms with Gasteiger partial charge in [0, 0.05) is 10.9 Å². The summed E-state index contributed by atoms with van der Waals surface area (Å²) in [5.74, 6) is -1.64. The van der Waals surface area contributed by atoms with Crippen LogP contribution in [0, 0.1) is 17.6 Å². The van der Waals surface area contributed by atoms with E-state index in [-0.39, 0.29) is 10.8 Å². The molecule has 1 saturated carbocycles. The van der Waals surface area contributed by atoms with E-state index in [4.69, 9.17) is 0 Å². The van der Waals surface area contributed by atoms with E-state index in [0.717, 1.165) is 43.2 Å². The van der Waals surface area contributed by atoms with E-state index < -0.39 is 33.0 Å². The molecular formula is C29H31F5O3S. The minimum atomic E-state index is -6.01. The lowest BCUT2D eigenvalue weighted by Crippen LogP contribution is -2.28. The van der Waals surface area contributed by atoms with Gasteiger partial charge >= 0.3 is 15.6 Å². The first-order valence-corrected chi connectivity index (χ1v) is 14.4. The van der Waals surface area contributed by atoms with Gasteiger partial charge in [0.1, 0.15) is 5.82 Å². The Morgan fingerprint density at radius 2 is 1.63 bits per heavy atom. The van der Waals surface area contributed by atoms with Crippen molar-refractivity contribution >= 4 is 20.9 Å². The number of halogens is 5. The van der Waals surface area contributed by atoms with Crippen LogP contribution in [0.4, 0.5) is 22.0 Å². The molecule has 0 bridgehead atoms. The Balaban J connectivity index is 1.48. The normalized spacial score (nSPS) is 18.6. The van der Waals surface area contributed by atoms with Crippen LogP contribution in [0.2, 0.25) is 0 Å². The zero-order chi connectivity index (χ0) is 27.5. The van der Waals surface area contributed by atoms with Crippen molar-refractivity contribution in [1.29, 1.82) is 0 Å². The standard InChI is InChI=1S/C29H31F5O3S/c1-2-3-4-5-6-19-7-9-20(10-8-19)21-11-14-24(26(30)18-21)22-12-15-25-23(17-22)13-16-27(28(25)31)37-38(35,36)29(32,33)34/h11-20H,2-10H2,1H3. The maximum atomic E-state index is 15.2. The van der Waals surface area contributed by atoms with E-state index >= 15 is 4.39 Å². The minimum Gasteiger partial charge on any atom is -0.373 e. The summed E-state index contributed by atoms with van der Waals surface area (Å²) in [5.41, 5.74) is -3.93. The number of fused-ring (bicyclic) bond motifs is 1. The summed E-state index contributed by atoms with van der Waals surface area (Å²) in [6.07, 6.45) is 10.8. The minimum absolute atomic E-state index is 0.146. The van der Waals surface area contributed by atoms with Crippen LogP contribution < -0.4 is 4.18 Å². The van der Waals surface area contributed by atoms with Crippen molar-refractivity contribution in [2.45, 2.75) is 76.1 Å². The van der Waals surface area contributed by atoms with Gasteiger partial charge in [0.15, 0.2) is 11.6 Å². The van der Waals surface area contributed by atoms with E-state index in [2.05, 4.69) is 11.1 Å². The quantitative estimate of drug-likeness (QED) is 0.115. The van der Waals surface area contributed by atoms with Gasteiger partial charge < -0.3 is 4.18 Å². The summed E-state index contributed by atoms with van der Waals surface area (Å²) in [6.45, 7) is 2.21.